The van der Waals surface area contributed by atoms with Crippen LogP contribution in [0.15, 0.2) is 0 Å². The van der Waals surface area contributed by atoms with Crippen LogP contribution in [0.2, 0.25) is 0 Å². The Morgan fingerprint density at radius 3 is 2.79 bits per heavy atom. The Kier molecular flexibility index (Phi) is 3.88. The number of rotatable bonds is 5. The quantitative estimate of drug-likeness (QED) is 0.594. The minimum Gasteiger partial charge on any atom is -0.481 e. The van der Waals surface area contributed by atoms with Crippen molar-refractivity contribution in [1.82, 2.24) is 4.90 Å². The van der Waals surface area contributed by atoms with Crippen LogP contribution in [-0.4, -0.2) is 41.5 Å². The molecule has 0 aromatic heterocycles. The van der Waals surface area contributed by atoms with E-state index in [4.69, 9.17) is 10.8 Å². The Balaban J connectivity index is 2.33. The molecule has 0 aromatic carbocycles. The number of likely N-dealkylation sites (tertiary alicyclic amines) is 1. The Labute approximate surface area is 82.9 Å². The second kappa shape index (κ2) is 4.95. The zero-order valence-electron chi connectivity index (χ0n) is 8.11. The minimum atomic E-state index is -0.875. The van der Waals surface area contributed by atoms with Gasteiger partial charge in [-0.2, -0.15) is 0 Å². The van der Waals surface area contributed by atoms with Gasteiger partial charge in [0.25, 0.3) is 0 Å². The third kappa shape index (κ3) is 2.70. The highest BCUT2D eigenvalue weighted by molar-refractivity contribution is 5.86. The molecule has 0 radical (unpaired) electrons. The maximum Gasteiger partial charge on any atom is 0.308 e. The first-order valence-corrected chi connectivity index (χ1v) is 4.85. The van der Waals surface area contributed by atoms with Gasteiger partial charge < -0.3 is 15.7 Å². The fraction of sp³-hybridized carbons (Fsp3) is 0.778. The first-order valence-electron chi connectivity index (χ1n) is 4.85. The SMILES string of the molecule is NCCCCN1C[C@@H](C(=O)O)CC1=O. The number of aliphatic carboxylic acids is 1. The zero-order valence-corrected chi connectivity index (χ0v) is 8.11. The lowest BCUT2D eigenvalue weighted by Crippen LogP contribution is -2.27. The summed E-state index contributed by atoms with van der Waals surface area (Å²) in [7, 11) is 0. The molecule has 1 aliphatic heterocycles. The Morgan fingerprint density at radius 1 is 1.57 bits per heavy atom. The fourth-order valence-electron chi connectivity index (χ4n) is 1.60. The summed E-state index contributed by atoms with van der Waals surface area (Å²) >= 11 is 0. The number of carbonyl (C=O) groups excluding carboxylic acids is 1. The Hall–Kier alpha value is -1.10. The van der Waals surface area contributed by atoms with Crippen LogP contribution < -0.4 is 5.73 Å². The van der Waals surface area contributed by atoms with E-state index in [1.807, 2.05) is 0 Å². The Bertz CT molecular complexity index is 230. The van der Waals surface area contributed by atoms with Crippen LogP contribution in [-0.2, 0) is 9.59 Å². The van der Waals surface area contributed by atoms with Gasteiger partial charge in [-0.3, -0.25) is 9.59 Å². The van der Waals surface area contributed by atoms with Crippen molar-refractivity contribution in [3.05, 3.63) is 0 Å². The first kappa shape index (κ1) is 11.0. The molecular formula is C9H16N2O3. The van der Waals surface area contributed by atoms with Crippen LogP contribution in [0.25, 0.3) is 0 Å². The van der Waals surface area contributed by atoms with Crippen LogP contribution in [0.1, 0.15) is 19.3 Å². The maximum atomic E-state index is 11.3. The summed E-state index contributed by atoms with van der Waals surface area (Å²) in [5, 5.41) is 8.72. The number of carboxylic acids is 1. The summed E-state index contributed by atoms with van der Waals surface area (Å²) < 4.78 is 0. The molecule has 80 valence electrons. The van der Waals surface area contributed by atoms with Gasteiger partial charge in [-0.25, -0.2) is 0 Å². The van der Waals surface area contributed by atoms with E-state index >= 15 is 0 Å². The molecule has 0 aromatic rings. The highest BCUT2D eigenvalue weighted by Gasteiger charge is 2.33. The highest BCUT2D eigenvalue weighted by Crippen LogP contribution is 2.18. The smallest absolute Gasteiger partial charge is 0.308 e. The molecule has 1 amide bonds. The van der Waals surface area contributed by atoms with Gasteiger partial charge in [0.1, 0.15) is 0 Å². The van der Waals surface area contributed by atoms with Crippen molar-refractivity contribution in [2.45, 2.75) is 19.3 Å². The van der Waals surface area contributed by atoms with E-state index in [1.165, 1.54) is 0 Å². The summed E-state index contributed by atoms with van der Waals surface area (Å²) in [6.45, 7) is 1.61. The van der Waals surface area contributed by atoms with Crippen molar-refractivity contribution in [1.29, 1.82) is 0 Å². The largest absolute Gasteiger partial charge is 0.481 e. The second-order valence-corrected chi connectivity index (χ2v) is 3.57. The summed E-state index contributed by atoms with van der Waals surface area (Å²) in [6, 6.07) is 0. The predicted octanol–water partition coefficient (Wildman–Crippen LogP) is -0.342. The van der Waals surface area contributed by atoms with Crippen molar-refractivity contribution >= 4 is 11.9 Å². The molecule has 1 fully saturated rings. The molecule has 5 heteroatoms. The molecule has 1 atom stereocenters. The van der Waals surface area contributed by atoms with E-state index < -0.39 is 11.9 Å². The lowest BCUT2D eigenvalue weighted by atomic mass is 10.1. The average molecular weight is 200 g/mol. The van der Waals surface area contributed by atoms with Crippen molar-refractivity contribution in [2.75, 3.05) is 19.6 Å². The minimum absolute atomic E-state index is 0.0468. The van der Waals surface area contributed by atoms with Crippen LogP contribution in [0.3, 0.4) is 0 Å². The third-order valence-corrected chi connectivity index (χ3v) is 2.45. The molecule has 0 spiro atoms. The van der Waals surface area contributed by atoms with Crippen LogP contribution in [0.4, 0.5) is 0 Å². The number of nitrogens with zero attached hydrogens (tertiary/aromatic N) is 1. The molecule has 0 aliphatic carbocycles. The molecule has 1 heterocycles. The van der Waals surface area contributed by atoms with Gasteiger partial charge in [0, 0.05) is 19.5 Å². The lowest BCUT2D eigenvalue weighted by molar-refractivity contribution is -0.141. The molecule has 3 N–H and O–H groups in total. The molecule has 5 nitrogen and oxygen atoms in total. The van der Waals surface area contributed by atoms with E-state index in [0.717, 1.165) is 12.8 Å². The van der Waals surface area contributed by atoms with Gasteiger partial charge in [0.05, 0.1) is 5.92 Å². The molecule has 0 saturated carbocycles. The standard InChI is InChI=1S/C9H16N2O3/c10-3-1-2-4-11-6-7(9(13)14)5-8(11)12/h7H,1-6,10H2,(H,13,14)/t7-/m0/s1. The van der Waals surface area contributed by atoms with Gasteiger partial charge in [-0.05, 0) is 19.4 Å². The molecule has 1 aliphatic rings. The number of carboxylic acid groups (broad SMARTS) is 1. The van der Waals surface area contributed by atoms with E-state index in [0.29, 0.717) is 19.6 Å². The lowest BCUT2D eigenvalue weighted by Gasteiger charge is -2.15. The van der Waals surface area contributed by atoms with Gasteiger partial charge >= 0.3 is 5.97 Å². The number of amides is 1. The molecule has 1 saturated heterocycles. The van der Waals surface area contributed by atoms with Crippen molar-refractivity contribution in [3.8, 4) is 0 Å². The molecule has 1 rings (SSSR count). The summed E-state index contributed by atoms with van der Waals surface area (Å²) in [5.41, 5.74) is 5.33. The first-order chi connectivity index (χ1) is 6.65. The number of nitrogens with two attached hydrogens (primary N) is 1. The summed E-state index contributed by atoms with van der Waals surface area (Å²) in [5.74, 6) is -1.44. The highest BCUT2D eigenvalue weighted by atomic mass is 16.4. The molecule has 0 bridgehead atoms. The topological polar surface area (TPSA) is 83.6 Å². The normalized spacial score (nSPS) is 21.6. The monoisotopic (exact) mass is 200 g/mol. The van der Waals surface area contributed by atoms with Gasteiger partial charge in [-0.1, -0.05) is 0 Å². The maximum absolute atomic E-state index is 11.3. The van der Waals surface area contributed by atoms with E-state index in [2.05, 4.69) is 0 Å². The van der Waals surface area contributed by atoms with E-state index in [1.54, 1.807) is 4.90 Å². The van der Waals surface area contributed by atoms with Crippen molar-refractivity contribution in [3.63, 3.8) is 0 Å². The van der Waals surface area contributed by atoms with Crippen LogP contribution >= 0.6 is 0 Å². The third-order valence-electron chi connectivity index (χ3n) is 2.45. The number of hydrogen-bond acceptors (Lipinski definition) is 3. The number of carbonyl (C=O) groups is 2. The average Bonchev–Trinajstić information content (AvgIpc) is 2.49. The van der Waals surface area contributed by atoms with Crippen LogP contribution in [0, 0.1) is 5.92 Å². The van der Waals surface area contributed by atoms with Gasteiger partial charge in [-0.15, -0.1) is 0 Å². The summed E-state index contributed by atoms with van der Waals surface area (Å²) in [4.78, 5) is 23.6. The van der Waals surface area contributed by atoms with E-state index in [-0.39, 0.29) is 12.3 Å². The number of unbranched alkanes of at least 4 members (excludes halogenated alkanes) is 1. The summed E-state index contributed by atoms with van der Waals surface area (Å²) in [6.07, 6.45) is 1.88. The van der Waals surface area contributed by atoms with Gasteiger partial charge in [0.2, 0.25) is 5.91 Å². The predicted molar refractivity (Wildman–Crippen MR) is 50.6 cm³/mol. The fourth-order valence-corrected chi connectivity index (χ4v) is 1.60. The van der Waals surface area contributed by atoms with Gasteiger partial charge in [0.15, 0.2) is 0 Å². The number of hydrogen-bond donors (Lipinski definition) is 2. The van der Waals surface area contributed by atoms with E-state index in [9.17, 15) is 9.59 Å². The molecular weight excluding hydrogens is 184 g/mol. The van der Waals surface area contributed by atoms with Crippen LogP contribution in [0.5, 0.6) is 0 Å². The van der Waals surface area contributed by atoms with Crippen molar-refractivity contribution in [2.24, 2.45) is 11.7 Å². The molecule has 14 heavy (non-hydrogen) atoms. The second-order valence-electron chi connectivity index (χ2n) is 3.57. The zero-order chi connectivity index (χ0) is 10.6. The molecule has 0 unspecified atom stereocenters. The van der Waals surface area contributed by atoms with Crippen molar-refractivity contribution < 1.29 is 14.7 Å². The Morgan fingerprint density at radius 2 is 2.29 bits per heavy atom.